The van der Waals surface area contributed by atoms with Crippen LogP contribution in [0.3, 0.4) is 0 Å². The lowest BCUT2D eigenvalue weighted by Crippen LogP contribution is -2.52. The van der Waals surface area contributed by atoms with E-state index in [0.29, 0.717) is 42.1 Å². The Bertz CT molecular complexity index is 1310. The first-order valence-corrected chi connectivity index (χ1v) is 15.1. The summed E-state index contributed by atoms with van der Waals surface area (Å²) in [6.07, 6.45) is 2.17. The lowest BCUT2D eigenvalue weighted by molar-refractivity contribution is -0.137. The molecule has 0 amide bonds. The first-order valence-electron chi connectivity index (χ1n) is 14.3. The Morgan fingerprint density at radius 3 is 2.54 bits per heavy atom. The molecule has 0 spiro atoms. The molecule has 3 aromatic rings. The van der Waals surface area contributed by atoms with Crippen molar-refractivity contribution in [1.82, 2.24) is 24.8 Å². The Hall–Kier alpha value is -2.83. The van der Waals surface area contributed by atoms with Gasteiger partial charge in [-0.05, 0) is 64.4 Å². The van der Waals surface area contributed by atoms with Crippen LogP contribution in [0, 0.1) is 5.82 Å². The summed E-state index contributed by atoms with van der Waals surface area (Å²) < 4.78 is 54.6. The van der Waals surface area contributed by atoms with Crippen molar-refractivity contribution in [1.29, 1.82) is 0 Å². The fraction of sp³-hybridized carbons (Fsp3) is 0.552. The van der Waals surface area contributed by atoms with E-state index in [9.17, 15) is 17.6 Å². The van der Waals surface area contributed by atoms with Crippen LogP contribution in [0.5, 0.6) is 0 Å². The molecule has 0 bridgehead atoms. The molecule has 2 aliphatic heterocycles. The Morgan fingerprint density at radius 2 is 1.88 bits per heavy atom. The minimum atomic E-state index is -4.65. The zero-order chi connectivity index (χ0) is 29.1. The topological polar surface area (TPSA) is 60.4 Å². The smallest absolute Gasteiger partial charge is 0.356 e. The Kier molecular flexibility index (Phi) is 9.10. The van der Waals surface area contributed by atoms with E-state index in [4.69, 9.17) is 0 Å². The number of anilines is 2. The normalized spacial score (nSPS) is 20.6. The number of rotatable bonds is 9. The van der Waals surface area contributed by atoms with Crippen molar-refractivity contribution in [2.75, 3.05) is 42.9 Å². The highest BCUT2D eigenvalue weighted by molar-refractivity contribution is 7.16. The summed E-state index contributed by atoms with van der Waals surface area (Å²) in [5.74, 6) is -0.0863. The average Bonchev–Trinajstić information content (AvgIpc) is 3.53. The lowest BCUT2D eigenvalue weighted by Gasteiger charge is -2.40. The number of nitrogens with zero attached hydrogens (tertiary/aromatic N) is 6. The van der Waals surface area contributed by atoms with Gasteiger partial charge >= 0.3 is 6.18 Å². The van der Waals surface area contributed by atoms with Crippen LogP contribution in [-0.4, -0.2) is 69.6 Å². The second-order valence-corrected chi connectivity index (χ2v) is 12.1. The maximum atomic E-state index is 14.3. The van der Waals surface area contributed by atoms with Crippen LogP contribution in [0.1, 0.15) is 56.2 Å². The lowest BCUT2D eigenvalue weighted by atomic mass is 10.1. The number of alkyl halides is 3. The SMILES string of the molecule is CCCN1CCN(c2cnc(CNc3nc(-c4cc(F)cc(C(F)(F)F)c4)c(CN4CCC[C@H]4C)s3)cn2)[C@H](C)C1. The maximum absolute atomic E-state index is 14.3. The quantitative estimate of drug-likeness (QED) is 0.294. The van der Waals surface area contributed by atoms with Gasteiger partial charge in [0.05, 0.1) is 35.9 Å². The van der Waals surface area contributed by atoms with E-state index in [1.807, 2.05) is 0 Å². The third-order valence-electron chi connectivity index (χ3n) is 7.89. The van der Waals surface area contributed by atoms with Gasteiger partial charge in [-0.2, -0.15) is 13.2 Å². The van der Waals surface area contributed by atoms with Gasteiger partial charge in [-0.25, -0.2) is 14.4 Å². The summed E-state index contributed by atoms with van der Waals surface area (Å²) in [6, 6.07) is 3.33. The van der Waals surface area contributed by atoms with Crippen molar-refractivity contribution in [2.45, 2.75) is 71.4 Å². The van der Waals surface area contributed by atoms with Crippen LogP contribution in [0.4, 0.5) is 28.5 Å². The van der Waals surface area contributed by atoms with E-state index in [0.717, 1.165) is 80.5 Å². The van der Waals surface area contributed by atoms with Crippen LogP contribution in [0.2, 0.25) is 0 Å². The molecule has 1 aromatic carbocycles. The number of hydrogen-bond donors (Lipinski definition) is 1. The molecule has 0 saturated carbocycles. The molecule has 2 fully saturated rings. The molecule has 41 heavy (non-hydrogen) atoms. The Morgan fingerprint density at radius 1 is 1.05 bits per heavy atom. The van der Waals surface area contributed by atoms with Crippen molar-refractivity contribution in [3.63, 3.8) is 0 Å². The van der Waals surface area contributed by atoms with Crippen molar-refractivity contribution in [3.05, 3.63) is 52.5 Å². The van der Waals surface area contributed by atoms with E-state index in [1.54, 1.807) is 12.4 Å². The number of aromatic nitrogens is 3. The average molecular weight is 592 g/mol. The van der Waals surface area contributed by atoms with Crippen LogP contribution >= 0.6 is 11.3 Å². The molecule has 1 N–H and O–H groups in total. The van der Waals surface area contributed by atoms with Gasteiger partial charge in [0.2, 0.25) is 0 Å². The largest absolute Gasteiger partial charge is 0.416 e. The molecule has 4 heterocycles. The standard InChI is InChI=1S/C29H37F4N7S/c1-4-7-38-9-10-40(20(3)17-38)26-16-34-24(14-35-26)15-36-28-37-27(25(41-28)18-39-8-5-6-19(39)2)21-11-22(29(31,32)33)13-23(30)12-21/h11-14,16,19-20H,4-10,15,17-18H2,1-3H3,(H,36,37)/t19-,20-/m1/s1. The number of hydrogen-bond acceptors (Lipinski definition) is 8. The molecular formula is C29H37F4N7S. The highest BCUT2D eigenvalue weighted by atomic mass is 32.1. The molecule has 7 nitrogen and oxygen atoms in total. The Balaban J connectivity index is 1.32. The molecule has 12 heteroatoms. The number of likely N-dealkylation sites (tertiary alicyclic amines) is 1. The van der Waals surface area contributed by atoms with Crippen LogP contribution in [0.25, 0.3) is 11.3 Å². The monoisotopic (exact) mass is 591 g/mol. The summed E-state index contributed by atoms with van der Waals surface area (Å²) in [4.78, 5) is 21.7. The van der Waals surface area contributed by atoms with Crippen molar-refractivity contribution < 1.29 is 17.6 Å². The highest BCUT2D eigenvalue weighted by Gasteiger charge is 2.32. The van der Waals surface area contributed by atoms with Crippen molar-refractivity contribution in [2.24, 2.45) is 0 Å². The summed E-state index contributed by atoms with van der Waals surface area (Å²) >= 11 is 1.38. The van der Waals surface area contributed by atoms with Gasteiger partial charge in [-0.15, -0.1) is 11.3 Å². The summed E-state index contributed by atoms with van der Waals surface area (Å²) in [5, 5.41) is 3.81. The van der Waals surface area contributed by atoms with Crippen LogP contribution in [-0.2, 0) is 19.3 Å². The van der Waals surface area contributed by atoms with E-state index in [-0.39, 0.29) is 5.56 Å². The van der Waals surface area contributed by atoms with Gasteiger partial charge in [-0.3, -0.25) is 14.8 Å². The summed E-state index contributed by atoms with van der Waals surface area (Å²) in [6.45, 7) is 12.4. The van der Waals surface area contributed by atoms with Gasteiger partial charge in [0.15, 0.2) is 5.13 Å². The molecule has 2 saturated heterocycles. The van der Waals surface area contributed by atoms with E-state index >= 15 is 0 Å². The van der Waals surface area contributed by atoms with Gasteiger partial charge in [0, 0.05) is 48.7 Å². The Labute approximate surface area is 242 Å². The van der Waals surface area contributed by atoms with Gasteiger partial charge in [0.1, 0.15) is 11.6 Å². The number of thiazole rings is 1. The third kappa shape index (κ3) is 7.15. The number of nitrogens with one attached hydrogen (secondary N) is 1. The van der Waals surface area contributed by atoms with E-state index < -0.39 is 17.6 Å². The summed E-state index contributed by atoms with van der Waals surface area (Å²) in [7, 11) is 0. The second kappa shape index (κ2) is 12.6. The van der Waals surface area contributed by atoms with E-state index in [2.05, 4.69) is 55.7 Å². The van der Waals surface area contributed by atoms with E-state index in [1.165, 1.54) is 11.3 Å². The predicted octanol–water partition coefficient (Wildman–Crippen LogP) is 6.27. The fourth-order valence-corrected chi connectivity index (χ4v) is 6.71. The zero-order valence-electron chi connectivity index (χ0n) is 23.7. The maximum Gasteiger partial charge on any atom is 0.416 e. The fourth-order valence-electron chi connectivity index (χ4n) is 5.71. The van der Waals surface area contributed by atoms with Crippen LogP contribution < -0.4 is 10.2 Å². The number of piperazine rings is 1. The van der Waals surface area contributed by atoms with Gasteiger partial charge in [0.25, 0.3) is 0 Å². The summed E-state index contributed by atoms with van der Waals surface area (Å²) in [5.41, 5.74) is 0.203. The molecule has 2 aliphatic rings. The molecule has 2 aromatic heterocycles. The van der Waals surface area contributed by atoms with Gasteiger partial charge < -0.3 is 10.2 Å². The molecule has 5 rings (SSSR count). The first kappa shape index (κ1) is 29.7. The minimum absolute atomic E-state index is 0.126. The third-order valence-corrected chi connectivity index (χ3v) is 8.89. The second-order valence-electron chi connectivity index (χ2n) is 11.0. The van der Waals surface area contributed by atoms with Crippen LogP contribution in [0.15, 0.2) is 30.6 Å². The molecule has 0 unspecified atom stereocenters. The first-order chi connectivity index (χ1) is 19.6. The number of benzene rings is 1. The molecule has 222 valence electrons. The van der Waals surface area contributed by atoms with Crippen molar-refractivity contribution in [3.8, 4) is 11.3 Å². The molecule has 0 aliphatic carbocycles. The molecular weight excluding hydrogens is 554 g/mol. The highest BCUT2D eigenvalue weighted by Crippen LogP contribution is 2.38. The zero-order valence-corrected chi connectivity index (χ0v) is 24.5. The minimum Gasteiger partial charge on any atom is -0.356 e. The number of halogens is 4. The van der Waals surface area contributed by atoms with Crippen molar-refractivity contribution >= 4 is 22.3 Å². The molecule has 2 atom stereocenters. The predicted molar refractivity (Wildman–Crippen MR) is 155 cm³/mol. The van der Waals surface area contributed by atoms with Gasteiger partial charge in [-0.1, -0.05) is 6.92 Å². The molecule has 0 radical (unpaired) electrons.